The van der Waals surface area contributed by atoms with Crippen molar-refractivity contribution in [1.82, 2.24) is 5.32 Å². The van der Waals surface area contributed by atoms with Gasteiger partial charge in [-0.2, -0.15) is 5.26 Å². The molecule has 0 saturated heterocycles. The molecule has 3 rings (SSSR count). The van der Waals surface area contributed by atoms with E-state index in [1.165, 1.54) is 18.0 Å². The van der Waals surface area contributed by atoms with E-state index in [0.717, 1.165) is 6.42 Å². The molecular weight excluding hydrogens is 414 g/mol. The summed E-state index contributed by atoms with van der Waals surface area (Å²) in [6.45, 7) is 4.04. The standard InChI is InChI=1S/C23H23N3O4S/c1-3-11-30-19(27)14-31-23-17(13-24)21(18-10-7-12-29-18)20(15(2)25-23)22(28)26-16-8-5-4-6-9-16/h4-10,12,21,25H,3,11,14H2,1-2H3,(H,26,28)/t21-/m0/s1. The molecule has 0 unspecified atom stereocenters. The average Bonchev–Trinajstić information content (AvgIpc) is 3.30. The van der Waals surface area contributed by atoms with Crippen molar-refractivity contribution < 1.29 is 18.7 Å². The van der Waals surface area contributed by atoms with Gasteiger partial charge in [0.05, 0.1) is 46.8 Å². The van der Waals surface area contributed by atoms with Gasteiger partial charge in [-0.1, -0.05) is 36.9 Å². The van der Waals surface area contributed by atoms with Crippen molar-refractivity contribution in [3.8, 4) is 6.07 Å². The molecule has 2 heterocycles. The zero-order valence-electron chi connectivity index (χ0n) is 17.3. The van der Waals surface area contributed by atoms with E-state index in [1.807, 2.05) is 25.1 Å². The average molecular weight is 438 g/mol. The van der Waals surface area contributed by atoms with Gasteiger partial charge in [0.2, 0.25) is 0 Å². The van der Waals surface area contributed by atoms with E-state index in [-0.39, 0.29) is 17.6 Å². The molecule has 0 spiro atoms. The van der Waals surface area contributed by atoms with Crippen LogP contribution in [0.2, 0.25) is 0 Å². The second kappa shape index (κ2) is 10.5. The highest BCUT2D eigenvalue weighted by atomic mass is 32.2. The second-order valence-electron chi connectivity index (χ2n) is 6.80. The molecule has 7 nitrogen and oxygen atoms in total. The van der Waals surface area contributed by atoms with Crippen LogP contribution < -0.4 is 10.6 Å². The maximum atomic E-state index is 13.2. The van der Waals surface area contributed by atoms with Crippen LogP contribution in [0.15, 0.2) is 75.0 Å². The third kappa shape index (κ3) is 5.38. The highest BCUT2D eigenvalue weighted by molar-refractivity contribution is 8.03. The number of dihydropyridines is 1. The van der Waals surface area contributed by atoms with Crippen molar-refractivity contribution in [3.05, 3.63) is 76.4 Å². The first kappa shape index (κ1) is 22.2. The number of esters is 1. The molecule has 1 aromatic heterocycles. The van der Waals surface area contributed by atoms with Crippen molar-refractivity contribution >= 4 is 29.3 Å². The number of anilines is 1. The van der Waals surface area contributed by atoms with Crippen LogP contribution in [0.25, 0.3) is 0 Å². The Kier molecular flexibility index (Phi) is 7.57. The van der Waals surface area contributed by atoms with E-state index < -0.39 is 5.92 Å². The monoisotopic (exact) mass is 437 g/mol. The number of carbonyl (C=O) groups is 2. The van der Waals surface area contributed by atoms with Gasteiger partial charge in [-0.05, 0) is 37.6 Å². The zero-order chi connectivity index (χ0) is 22.2. The van der Waals surface area contributed by atoms with Crippen molar-refractivity contribution in [2.45, 2.75) is 26.2 Å². The molecule has 0 fully saturated rings. The summed E-state index contributed by atoms with van der Waals surface area (Å²) in [5, 5.41) is 16.4. The predicted molar refractivity (Wildman–Crippen MR) is 119 cm³/mol. The summed E-state index contributed by atoms with van der Waals surface area (Å²) in [5.41, 5.74) is 1.92. The number of ether oxygens (including phenoxy) is 1. The molecule has 8 heteroatoms. The van der Waals surface area contributed by atoms with Crippen LogP contribution in [0.5, 0.6) is 0 Å². The van der Waals surface area contributed by atoms with Crippen LogP contribution in [0.4, 0.5) is 5.69 Å². The summed E-state index contributed by atoms with van der Waals surface area (Å²) >= 11 is 1.18. The first-order valence-corrected chi connectivity index (χ1v) is 10.8. The molecule has 0 radical (unpaired) electrons. The van der Waals surface area contributed by atoms with Gasteiger partial charge >= 0.3 is 5.97 Å². The lowest BCUT2D eigenvalue weighted by Crippen LogP contribution is -2.30. The number of hydrogen-bond donors (Lipinski definition) is 2. The first-order chi connectivity index (χ1) is 15.0. The molecule has 2 N–H and O–H groups in total. The highest BCUT2D eigenvalue weighted by Crippen LogP contribution is 2.41. The lowest BCUT2D eigenvalue weighted by atomic mass is 9.85. The molecule has 1 amide bonds. The van der Waals surface area contributed by atoms with Gasteiger partial charge in [-0.3, -0.25) is 9.59 Å². The normalized spacial score (nSPS) is 15.8. The SMILES string of the molecule is CCCOC(=O)CSC1=C(C#N)[C@@H](c2ccco2)C(C(=O)Nc2ccccc2)=C(C)N1. The number of nitriles is 1. The molecule has 31 heavy (non-hydrogen) atoms. The Bertz CT molecular complexity index is 1040. The summed E-state index contributed by atoms with van der Waals surface area (Å²) < 4.78 is 10.7. The fourth-order valence-corrected chi connectivity index (χ4v) is 4.07. The molecular formula is C23H23N3O4S. The molecule has 1 aliphatic heterocycles. The van der Waals surface area contributed by atoms with Crippen LogP contribution in [-0.2, 0) is 14.3 Å². The zero-order valence-corrected chi connectivity index (χ0v) is 18.1. The maximum Gasteiger partial charge on any atom is 0.316 e. The number of rotatable bonds is 8. The first-order valence-electron chi connectivity index (χ1n) is 9.85. The van der Waals surface area contributed by atoms with Gasteiger partial charge < -0.3 is 19.8 Å². The maximum absolute atomic E-state index is 13.2. The minimum absolute atomic E-state index is 0.0528. The number of amides is 1. The summed E-state index contributed by atoms with van der Waals surface area (Å²) in [7, 11) is 0. The molecule has 0 bridgehead atoms. The Morgan fingerprint density at radius 1 is 1.26 bits per heavy atom. The number of benzene rings is 1. The lowest BCUT2D eigenvalue weighted by molar-refractivity contribution is -0.140. The van der Waals surface area contributed by atoms with Crippen LogP contribution in [-0.4, -0.2) is 24.2 Å². The Hall–Kier alpha value is -3.44. The van der Waals surface area contributed by atoms with E-state index in [9.17, 15) is 14.9 Å². The van der Waals surface area contributed by atoms with Crippen molar-refractivity contribution in [1.29, 1.82) is 5.26 Å². The number of hydrogen-bond acceptors (Lipinski definition) is 7. The van der Waals surface area contributed by atoms with E-state index >= 15 is 0 Å². The molecule has 160 valence electrons. The van der Waals surface area contributed by atoms with Gasteiger partial charge in [0.25, 0.3) is 5.91 Å². The van der Waals surface area contributed by atoms with Crippen molar-refractivity contribution in [2.24, 2.45) is 0 Å². The lowest BCUT2D eigenvalue weighted by Gasteiger charge is -2.28. The van der Waals surface area contributed by atoms with E-state index in [4.69, 9.17) is 9.15 Å². The number of nitrogens with one attached hydrogen (secondary N) is 2. The fourth-order valence-electron chi connectivity index (χ4n) is 3.18. The summed E-state index contributed by atoms with van der Waals surface area (Å²) in [6.07, 6.45) is 2.24. The molecule has 0 aliphatic carbocycles. The number of thioether (sulfide) groups is 1. The Labute approximate surface area is 185 Å². The van der Waals surface area contributed by atoms with E-state index in [2.05, 4.69) is 16.7 Å². The smallest absolute Gasteiger partial charge is 0.316 e. The number of para-hydroxylation sites is 1. The van der Waals surface area contributed by atoms with Gasteiger partial charge in [-0.25, -0.2) is 0 Å². The van der Waals surface area contributed by atoms with Crippen LogP contribution >= 0.6 is 11.8 Å². The number of allylic oxidation sites excluding steroid dienone is 2. The molecule has 2 aromatic rings. The van der Waals surface area contributed by atoms with Crippen LogP contribution in [0, 0.1) is 11.3 Å². The fraction of sp³-hybridized carbons (Fsp3) is 0.261. The Morgan fingerprint density at radius 2 is 2.03 bits per heavy atom. The third-order valence-corrected chi connectivity index (χ3v) is 5.54. The molecule has 1 aromatic carbocycles. The minimum atomic E-state index is -0.695. The summed E-state index contributed by atoms with van der Waals surface area (Å²) in [5.74, 6) is -0.864. The van der Waals surface area contributed by atoms with Crippen molar-refractivity contribution in [2.75, 3.05) is 17.7 Å². The minimum Gasteiger partial charge on any atom is -0.468 e. The third-order valence-electron chi connectivity index (χ3n) is 4.55. The van der Waals surface area contributed by atoms with Gasteiger partial charge in [0, 0.05) is 11.4 Å². The van der Waals surface area contributed by atoms with Gasteiger partial charge in [0.1, 0.15) is 5.76 Å². The van der Waals surface area contributed by atoms with Crippen molar-refractivity contribution in [3.63, 3.8) is 0 Å². The quantitative estimate of drug-likeness (QED) is 0.593. The molecule has 1 atom stereocenters. The predicted octanol–water partition coefficient (Wildman–Crippen LogP) is 4.30. The largest absolute Gasteiger partial charge is 0.468 e. The number of carbonyl (C=O) groups excluding carboxylic acids is 2. The Balaban J connectivity index is 1.91. The topological polar surface area (TPSA) is 104 Å². The van der Waals surface area contributed by atoms with Gasteiger partial charge in [-0.15, -0.1) is 0 Å². The summed E-state index contributed by atoms with van der Waals surface area (Å²) in [6, 6.07) is 14.7. The Morgan fingerprint density at radius 3 is 2.68 bits per heavy atom. The van der Waals surface area contributed by atoms with Crippen LogP contribution in [0.3, 0.4) is 0 Å². The van der Waals surface area contributed by atoms with Crippen LogP contribution in [0.1, 0.15) is 31.9 Å². The molecule has 0 saturated carbocycles. The number of nitrogens with zero attached hydrogens (tertiary/aromatic N) is 1. The van der Waals surface area contributed by atoms with E-state index in [1.54, 1.807) is 31.2 Å². The summed E-state index contributed by atoms with van der Waals surface area (Å²) in [4.78, 5) is 25.1. The van der Waals surface area contributed by atoms with E-state index in [0.29, 0.717) is 39.9 Å². The molecule has 1 aliphatic rings. The van der Waals surface area contributed by atoms with Gasteiger partial charge in [0.15, 0.2) is 0 Å². The second-order valence-corrected chi connectivity index (χ2v) is 7.78. The highest BCUT2D eigenvalue weighted by Gasteiger charge is 2.36. The number of furan rings is 1.